The lowest BCUT2D eigenvalue weighted by atomic mass is 9.75. The summed E-state index contributed by atoms with van der Waals surface area (Å²) in [5.74, 6) is 0.792. The molecule has 14 heavy (non-hydrogen) atoms. The Morgan fingerprint density at radius 3 is 2.57 bits per heavy atom. The van der Waals surface area contributed by atoms with Gasteiger partial charge in [0.05, 0.1) is 0 Å². The highest BCUT2D eigenvalue weighted by atomic mass is 15.2. The van der Waals surface area contributed by atoms with Gasteiger partial charge in [0.15, 0.2) is 0 Å². The van der Waals surface area contributed by atoms with E-state index >= 15 is 0 Å². The summed E-state index contributed by atoms with van der Waals surface area (Å²) in [6, 6.07) is 1.98. The molecular weight excluding hydrogens is 172 g/mol. The standard InChI is InChI=1S/C12H24N2/c1-9(2)14-8-7-11(13)10-5-3-4-6-12(10)14/h9-12H,3-8,13H2,1-2H3/t10-,11-,12+/m0/s1. The van der Waals surface area contributed by atoms with Crippen molar-refractivity contribution < 1.29 is 0 Å². The minimum atomic E-state index is 0.482. The molecule has 0 bridgehead atoms. The molecule has 82 valence electrons. The normalized spacial score (nSPS) is 39.9. The number of hydrogen-bond donors (Lipinski definition) is 1. The maximum Gasteiger partial charge on any atom is 0.0141 e. The molecule has 0 spiro atoms. The number of rotatable bonds is 1. The summed E-state index contributed by atoms with van der Waals surface area (Å²) in [6.45, 7) is 5.87. The lowest BCUT2D eigenvalue weighted by Crippen LogP contribution is -2.57. The van der Waals surface area contributed by atoms with Crippen LogP contribution in [0, 0.1) is 5.92 Å². The van der Waals surface area contributed by atoms with Gasteiger partial charge in [-0.2, -0.15) is 0 Å². The van der Waals surface area contributed by atoms with Crippen LogP contribution < -0.4 is 5.73 Å². The fraction of sp³-hybridized carbons (Fsp3) is 1.00. The summed E-state index contributed by atoms with van der Waals surface area (Å²) in [5.41, 5.74) is 6.23. The first-order valence-corrected chi connectivity index (χ1v) is 6.21. The topological polar surface area (TPSA) is 29.3 Å². The van der Waals surface area contributed by atoms with Crippen molar-refractivity contribution >= 4 is 0 Å². The summed E-state index contributed by atoms with van der Waals surface area (Å²) >= 11 is 0. The molecule has 2 fully saturated rings. The summed E-state index contributed by atoms with van der Waals surface area (Å²) < 4.78 is 0. The fourth-order valence-corrected chi connectivity index (χ4v) is 3.37. The van der Waals surface area contributed by atoms with E-state index < -0.39 is 0 Å². The first-order chi connectivity index (χ1) is 6.70. The first-order valence-electron chi connectivity index (χ1n) is 6.21. The monoisotopic (exact) mass is 196 g/mol. The zero-order valence-corrected chi connectivity index (χ0v) is 9.58. The molecule has 1 heterocycles. The van der Waals surface area contributed by atoms with E-state index in [0.29, 0.717) is 12.1 Å². The van der Waals surface area contributed by atoms with Crippen LogP contribution in [0.15, 0.2) is 0 Å². The number of piperidine rings is 1. The molecule has 3 atom stereocenters. The molecule has 2 heteroatoms. The minimum Gasteiger partial charge on any atom is -0.327 e. The Labute approximate surface area is 87.8 Å². The van der Waals surface area contributed by atoms with Crippen molar-refractivity contribution in [2.45, 2.75) is 64.1 Å². The molecule has 0 aromatic carbocycles. The largest absolute Gasteiger partial charge is 0.327 e. The number of likely N-dealkylation sites (tertiary alicyclic amines) is 1. The van der Waals surface area contributed by atoms with Gasteiger partial charge in [0.1, 0.15) is 0 Å². The van der Waals surface area contributed by atoms with Gasteiger partial charge < -0.3 is 5.73 Å². The van der Waals surface area contributed by atoms with Crippen molar-refractivity contribution in [1.29, 1.82) is 0 Å². The van der Waals surface area contributed by atoms with Crippen molar-refractivity contribution in [3.05, 3.63) is 0 Å². The lowest BCUT2D eigenvalue weighted by Gasteiger charge is -2.48. The second-order valence-corrected chi connectivity index (χ2v) is 5.30. The van der Waals surface area contributed by atoms with Gasteiger partial charge in [0.25, 0.3) is 0 Å². The van der Waals surface area contributed by atoms with E-state index in [1.807, 2.05) is 0 Å². The quantitative estimate of drug-likeness (QED) is 0.695. The predicted octanol–water partition coefficient (Wildman–Crippen LogP) is 1.99. The average molecular weight is 196 g/mol. The molecule has 2 N–H and O–H groups in total. The molecule has 1 saturated carbocycles. The zero-order chi connectivity index (χ0) is 10.1. The van der Waals surface area contributed by atoms with Crippen LogP contribution in [0.5, 0.6) is 0 Å². The molecule has 2 rings (SSSR count). The van der Waals surface area contributed by atoms with Crippen LogP contribution in [-0.4, -0.2) is 29.6 Å². The van der Waals surface area contributed by atoms with Gasteiger partial charge >= 0.3 is 0 Å². The number of nitrogens with two attached hydrogens (primary N) is 1. The van der Waals surface area contributed by atoms with Crippen molar-refractivity contribution in [2.24, 2.45) is 11.7 Å². The summed E-state index contributed by atoms with van der Waals surface area (Å²) in [6.07, 6.45) is 6.78. The minimum absolute atomic E-state index is 0.482. The molecule has 0 amide bonds. The molecular formula is C12H24N2. The molecule has 2 aliphatic rings. The van der Waals surface area contributed by atoms with Crippen molar-refractivity contribution in [1.82, 2.24) is 4.90 Å². The molecule has 1 saturated heterocycles. The Morgan fingerprint density at radius 2 is 1.86 bits per heavy atom. The molecule has 0 aromatic heterocycles. The van der Waals surface area contributed by atoms with Gasteiger partial charge in [-0.05, 0) is 39.0 Å². The highest BCUT2D eigenvalue weighted by molar-refractivity contribution is 4.94. The smallest absolute Gasteiger partial charge is 0.0141 e. The third-order valence-electron chi connectivity index (χ3n) is 4.14. The summed E-state index contributed by atoms with van der Waals surface area (Å²) in [4.78, 5) is 2.69. The highest BCUT2D eigenvalue weighted by Crippen LogP contribution is 2.35. The van der Waals surface area contributed by atoms with Crippen molar-refractivity contribution in [3.63, 3.8) is 0 Å². The van der Waals surface area contributed by atoms with E-state index in [-0.39, 0.29) is 0 Å². The van der Waals surface area contributed by atoms with E-state index in [1.165, 1.54) is 38.6 Å². The van der Waals surface area contributed by atoms with Crippen molar-refractivity contribution in [3.8, 4) is 0 Å². The predicted molar refractivity (Wildman–Crippen MR) is 60.2 cm³/mol. The molecule has 0 radical (unpaired) electrons. The van der Waals surface area contributed by atoms with Gasteiger partial charge in [0, 0.05) is 24.7 Å². The van der Waals surface area contributed by atoms with E-state index in [4.69, 9.17) is 5.73 Å². The SMILES string of the molecule is CC(C)N1CC[C@H](N)[C@@H]2CCCC[C@H]21. The van der Waals surface area contributed by atoms with Crippen LogP contribution in [-0.2, 0) is 0 Å². The lowest BCUT2D eigenvalue weighted by molar-refractivity contribution is 0.0248. The third kappa shape index (κ3) is 1.82. The van der Waals surface area contributed by atoms with Crippen LogP contribution >= 0.6 is 0 Å². The van der Waals surface area contributed by atoms with Crippen LogP contribution in [0.1, 0.15) is 46.0 Å². The Hall–Kier alpha value is -0.0800. The van der Waals surface area contributed by atoms with Crippen LogP contribution in [0.2, 0.25) is 0 Å². The Kier molecular flexibility index (Phi) is 3.13. The second kappa shape index (κ2) is 4.19. The fourth-order valence-electron chi connectivity index (χ4n) is 3.37. The Bertz CT molecular complexity index is 189. The maximum absolute atomic E-state index is 6.23. The Morgan fingerprint density at radius 1 is 1.14 bits per heavy atom. The van der Waals surface area contributed by atoms with Gasteiger partial charge in [-0.15, -0.1) is 0 Å². The maximum atomic E-state index is 6.23. The van der Waals surface area contributed by atoms with E-state index in [2.05, 4.69) is 18.7 Å². The third-order valence-corrected chi connectivity index (χ3v) is 4.14. The zero-order valence-electron chi connectivity index (χ0n) is 9.58. The van der Waals surface area contributed by atoms with E-state index in [9.17, 15) is 0 Å². The average Bonchev–Trinajstić information content (AvgIpc) is 2.18. The van der Waals surface area contributed by atoms with Gasteiger partial charge in [-0.1, -0.05) is 12.8 Å². The summed E-state index contributed by atoms with van der Waals surface area (Å²) in [7, 11) is 0. The molecule has 0 unspecified atom stereocenters. The highest BCUT2D eigenvalue weighted by Gasteiger charge is 2.38. The van der Waals surface area contributed by atoms with Crippen LogP contribution in [0.25, 0.3) is 0 Å². The van der Waals surface area contributed by atoms with Crippen LogP contribution in [0.4, 0.5) is 0 Å². The summed E-state index contributed by atoms with van der Waals surface area (Å²) in [5, 5.41) is 0. The number of nitrogens with zero attached hydrogens (tertiary/aromatic N) is 1. The molecule has 1 aliphatic carbocycles. The molecule has 0 aromatic rings. The first kappa shape index (κ1) is 10.4. The number of fused-ring (bicyclic) bond motifs is 1. The Balaban J connectivity index is 2.08. The van der Waals surface area contributed by atoms with E-state index in [1.54, 1.807) is 0 Å². The number of hydrogen-bond acceptors (Lipinski definition) is 2. The van der Waals surface area contributed by atoms with Gasteiger partial charge in [-0.3, -0.25) is 4.90 Å². The van der Waals surface area contributed by atoms with Crippen LogP contribution in [0.3, 0.4) is 0 Å². The van der Waals surface area contributed by atoms with E-state index in [0.717, 1.165) is 12.0 Å². The van der Waals surface area contributed by atoms with Gasteiger partial charge in [0.2, 0.25) is 0 Å². The van der Waals surface area contributed by atoms with Gasteiger partial charge in [-0.25, -0.2) is 0 Å². The molecule has 2 nitrogen and oxygen atoms in total. The molecule has 1 aliphatic heterocycles. The second-order valence-electron chi connectivity index (χ2n) is 5.30. The van der Waals surface area contributed by atoms with Crippen molar-refractivity contribution in [2.75, 3.05) is 6.54 Å².